The van der Waals surface area contributed by atoms with Gasteiger partial charge in [0.05, 0.1) is 0 Å². The van der Waals surface area contributed by atoms with Crippen LogP contribution >= 0.6 is 0 Å². The highest BCUT2D eigenvalue weighted by Crippen LogP contribution is 2.24. The minimum Gasteiger partial charge on any atom is -0.353 e. The van der Waals surface area contributed by atoms with Crippen LogP contribution in [0.2, 0.25) is 0 Å². The van der Waals surface area contributed by atoms with Gasteiger partial charge in [-0.25, -0.2) is 0 Å². The maximum absolute atomic E-state index is 11.7. The monoisotopic (exact) mass is 212 g/mol. The van der Waals surface area contributed by atoms with Crippen molar-refractivity contribution < 1.29 is 4.79 Å². The van der Waals surface area contributed by atoms with E-state index in [9.17, 15) is 4.79 Å². The fourth-order valence-corrected chi connectivity index (χ4v) is 2.08. The molecule has 3 atom stereocenters. The highest BCUT2D eigenvalue weighted by molar-refractivity contribution is 5.77. The quantitative estimate of drug-likeness (QED) is 0.744. The second-order valence-corrected chi connectivity index (χ2v) is 5.19. The molecule has 1 aliphatic rings. The van der Waals surface area contributed by atoms with Crippen LogP contribution in [0.5, 0.6) is 0 Å². The Balaban J connectivity index is 2.29. The summed E-state index contributed by atoms with van der Waals surface area (Å²) in [7, 11) is 0. The normalized spacial score (nSPS) is 28.1. The van der Waals surface area contributed by atoms with Gasteiger partial charge in [0.1, 0.15) is 0 Å². The zero-order valence-electron chi connectivity index (χ0n) is 10.1. The summed E-state index contributed by atoms with van der Waals surface area (Å²) < 4.78 is 0. The van der Waals surface area contributed by atoms with Crippen LogP contribution in [0, 0.1) is 11.8 Å². The predicted octanol–water partition coefficient (Wildman–Crippen LogP) is 1.66. The number of carbonyl (C=O) groups is 1. The third kappa shape index (κ3) is 3.82. The fraction of sp³-hybridized carbons (Fsp3) is 0.917. The summed E-state index contributed by atoms with van der Waals surface area (Å²) in [4.78, 5) is 11.7. The van der Waals surface area contributed by atoms with Crippen molar-refractivity contribution in [1.82, 2.24) is 5.32 Å². The van der Waals surface area contributed by atoms with Crippen molar-refractivity contribution in [1.29, 1.82) is 0 Å². The average molecular weight is 212 g/mol. The number of nitrogens with two attached hydrogens (primary N) is 1. The van der Waals surface area contributed by atoms with Gasteiger partial charge in [-0.1, -0.05) is 27.2 Å². The third-order valence-electron chi connectivity index (χ3n) is 3.49. The molecule has 3 heteroatoms. The van der Waals surface area contributed by atoms with Crippen molar-refractivity contribution in [2.75, 3.05) is 0 Å². The zero-order valence-corrected chi connectivity index (χ0v) is 10.1. The zero-order chi connectivity index (χ0) is 11.4. The molecule has 1 saturated carbocycles. The Kier molecular flexibility index (Phi) is 4.58. The highest BCUT2D eigenvalue weighted by atomic mass is 16.1. The number of rotatable bonds is 4. The van der Waals surface area contributed by atoms with Crippen LogP contribution in [0.1, 0.15) is 46.5 Å². The van der Waals surface area contributed by atoms with E-state index in [0.717, 1.165) is 6.42 Å². The molecule has 0 aliphatic heterocycles. The molecule has 3 nitrogen and oxygen atoms in total. The van der Waals surface area contributed by atoms with Gasteiger partial charge in [0.2, 0.25) is 5.91 Å². The molecule has 0 radical (unpaired) electrons. The molecule has 1 amide bonds. The lowest BCUT2D eigenvalue weighted by atomic mass is 10.0. The van der Waals surface area contributed by atoms with E-state index in [2.05, 4.69) is 26.1 Å². The molecule has 0 spiro atoms. The molecule has 3 unspecified atom stereocenters. The van der Waals surface area contributed by atoms with E-state index in [1.54, 1.807) is 0 Å². The van der Waals surface area contributed by atoms with Gasteiger partial charge in [0.15, 0.2) is 0 Å². The lowest BCUT2D eigenvalue weighted by Crippen LogP contribution is -2.40. The summed E-state index contributed by atoms with van der Waals surface area (Å²) in [5.41, 5.74) is 5.87. The number of hydrogen-bond acceptors (Lipinski definition) is 2. The molecule has 1 aliphatic carbocycles. The van der Waals surface area contributed by atoms with Crippen molar-refractivity contribution in [3.8, 4) is 0 Å². The summed E-state index contributed by atoms with van der Waals surface area (Å²) in [6.45, 7) is 6.31. The first-order valence-electron chi connectivity index (χ1n) is 6.05. The van der Waals surface area contributed by atoms with Gasteiger partial charge in [-0.05, 0) is 24.7 Å². The summed E-state index contributed by atoms with van der Waals surface area (Å²) in [5, 5.41) is 3.10. The maximum atomic E-state index is 11.7. The van der Waals surface area contributed by atoms with E-state index >= 15 is 0 Å². The van der Waals surface area contributed by atoms with Gasteiger partial charge in [0, 0.05) is 18.5 Å². The van der Waals surface area contributed by atoms with E-state index < -0.39 is 0 Å². The van der Waals surface area contributed by atoms with Crippen LogP contribution in [0.15, 0.2) is 0 Å². The minimum absolute atomic E-state index is 0.0123. The molecule has 0 saturated heterocycles. The van der Waals surface area contributed by atoms with E-state index in [0.29, 0.717) is 24.3 Å². The smallest absolute Gasteiger partial charge is 0.221 e. The van der Waals surface area contributed by atoms with Gasteiger partial charge >= 0.3 is 0 Å². The SMILES string of the molecule is CC(C)C(N)CC(=O)NC1CCCC1C. The summed E-state index contributed by atoms with van der Waals surface area (Å²) in [6.07, 6.45) is 4.06. The average Bonchev–Trinajstić information content (AvgIpc) is 2.51. The van der Waals surface area contributed by atoms with Crippen LogP contribution in [0.4, 0.5) is 0 Å². The van der Waals surface area contributed by atoms with E-state index in [1.807, 2.05) is 0 Å². The van der Waals surface area contributed by atoms with Gasteiger partial charge in [-0.15, -0.1) is 0 Å². The first-order valence-corrected chi connectivity index (χ1v) is 6.05. The minimum atomic E-state index is -0.0123. The largest absolute Gasteiger partial charge is 0.353 e. The second-order valence-electron chi connectivity index (χ2n) is 5.19. The Morgan fingerprint density at radius 3 is 2.60 bits per heavy atom. The Hall–Kier alpha value is -0.570. The maximum Gasteiger partial charge on any atom is 0.221 e. The molecule has 0 heterocycles. The lowest BCUT2D eigenvalue weighted by molar-refractivity contribution is -0.122. The Morgan fingerprint density at radius 1 is 1.47 bits per heavy atom. The molecule has 15 heavy (non-hydrogen) atoms. The summed E-state index contributed by atoms with van der Waals surface area (Å²) in [5.74, 6) is 1.12. The molecule has 0 aromatic carbocycles. The van der Waals surface area contributed by atoms with Crippen molar-refractivity contribution in [3.63, 3.8) is 0 Å². The Morgan fingerprint density at radius 2 is 2.13 bits per heavy atom. The molecule has 0 aromatic heterocycles. The van der Waals surface area contributed by atoms with E-state index in [-0.39, 0.29) is 11.9 Å². The van der Waals surface area contributed by atoms with Gasteiger partial charge in [-0.2, -0.15) is 0 Å². The van der Waals surface area contributed by atoms with Crippen molar-refractivity contribution >= 4 is 5.91 Å². The van der Waals surface area contributed by atoms with Crippen LogP contribution in [0.3, 0.4) is 0 Å². The van der Waals surface area contributed by atoms with Crippen molar-refractivity contribution in [2.24, 2.45) is 17.6 Å². The van der Waals surface area contributed by atoms with Crippen LogP contribution in [-0.2, 0) is 4.79 Å². The molecule has 1 fully saturated rings. The van der Waals surface area contributed by atoms with Gasteiger partial charge in [0.25, 0.3) is 0 Å². The third-order valence-corrected chi connectivity index (χ3v) is 3.49. The van der Waals surface area contributed by atoms with Crippen LogP contribution in [0.25, 0.3) is 0 Å². The molecule has 1 rings (SSSR count). The molecular weight excluding hydrogens is 188 g/mol. The molecular formula is C12H24N2O. The standard InChI is InChI=1S/C12H24N2O/c1-8(2)10(13)7-12(15)14-11-6-4-5-9(11)3/h8-11H,4-7,13H2,1-3H3,(H,14,15). The number of carbonyl (C=O) groups excluding carboxylic acids is 1. The fourth-order valence-electron chi connectivity index (χ4n) is 2.08. The van der Waals surface area contributed by atoms with Crippen LogP contribution < -0.4 is 11.1 Å². The first-order chi connectivity index (χ1) is 7.00. The number of amides is 1. The van der Waals surface area contributed by atoms with Crippen molar-refractivity contribution in [2.45, 2.75) is 58.5 Å². The van der Waals surface area contributed by atoms with E-state index in [1.165, 1.54) is 12.8 Å². The van der Waals surface area contributed by atoms with Gasteiger partial charge < -0.3 is 11.1 Å². The lowest BCUT2D eigenvalue weighted by Gasteiger charge is -2.20. The molecule has 3 N–H and O–H groups in total. The number of nitrogens with one attached hydrogen (secondary N) is 1. The van der Waals surface area contributed by atoms with Crippen LogP contribution in [-0.4, -0.2) is 18.0 Å². The second kappa shape index (κ2) is 5.50. The predicted molar refractivity (Wildman–Crippen MR) is 62.4 cm³/mol. The summed E-state index contributed by atoms with van der Waals surface area (Å²) >= 11 is 0. The molecule has 88 valence electrons. The Labute approximate surface area is 92.8 Å². The molecule has 0 aromatic rings. The number of hydrogen-bond donors (Lipinski definition) is 2. The van der Waals surface area contributed by atoms with Crippen molar-refractivity contribution in [3.05, 3.63) is 0 Å². The van der Waals surface area contributed by atoms with Gasteiger partial charge in [-0.3, -0.25) is 4.79 Å². The summed E-state index contributed by atoms with van der Waals surface area (Å²) in [6, 6.07) is 0.374. The highest BCUT2D eigenvalue weighted by Gasteiger charge is 2.25. The van der Waals surface area contributed by atoms with E-state index in [4.69, 9.17) is 5.73 Å². The molecule has 0 bridgehead atoms. The first kappa shape index (κ1) is 12.5. The topological polar surface area (TPSA) is 55.1 Å². The Bertz CT molecular complexity index is 216.